The van der Waals surface area contributed by atoms with Gasteiger partial charge in [0.1, 0.15) is 5.75 Å². The Morgan fingerprint density at radius 3 is 2.15 bits per heavy atom. The lowest BCUT2D eigenvalue weighted by molar-refractivity contribution is -0.134. The maximum absolute atomic E-state index is 12.3. The first-order valence-electron chi connectivity index (χ1n) is 7.23. The van der Waals surface area contributed by atoms with Crippen molar-refractivity contribution in [3.63, 3.8) is 0 Å². The Hall–Kier alpha value is -1.51. The summed E-state index contributed by atoms with van der Waals surface area (Å²) in [6.45, 7) is 2.92. The Kier molecular flexibility index (Phi) is 6.42. The number of hydrogen-bond acceptors (Lipinski definition) is 4. The Balaban J connectivity index is 2.06. The van der Waals surface area contributed by atoms with Gasteiger partial charge in [0, 0.05) is 10.0 Å². The highest BCUT2D eigenvalue weighted by molar-refractivity contribution is 7.89. The number of sulfonamides is 1. The van der Waals surface area contributed by atoms with E-state index < -0.39 is 21.5 Å². The van der Waals surface area contributed by atoms with Crippen molar-refractivity contribution in [2.45, 2.75) is 24.3 Å². The van der Waals surface area contributed by atoms with Crippen LogP contribution in [0.3, 0.4) is 0 Å². The Morgan fingerprint density at radius 2 is 1.58 bits per heavy atom. The van der Waals surface area contributed by atoms with E-state index in [-0.39, 0.29) is 15.7 Å². The molecule has 6 nitrogen and oxygen atoms in total. The van der Waals surface area contributed by atoms with Crippen molar-refractivity contribution in [1.82, 2.24) is 10.3 Å². The molecule has 2 aromatic rings. The predicted octanol–water partition coefficient (Wildman–Crippen LogP) is 3.81. The van der Waals surface area contributed by atoms with Gasteiger partial charge in [0.2, 0.25) is 0 Å². The molecule has 10 heteroatoms. The second-order valence-corrected chi connectivity index (χ2v) is 8.66. The molecule has 0 radical (unpaired) electrons. The maximum atomic E-state index is 12.3. The minimum absolute atomic E-state index is 0.0540. The molecular formula is C16H15Cl3N2O4S. The molecule has 0 aromatic heterocycles. The molecular weight excluding hydrogens is 423 g/mol. The van der Waals surface area contributed by atoms with Crippen LogP contribution in [0.4, 0.5) is 0 Å². The summed E-state index contributed by atoms with van der Waals surface area (Å²) in [5, 5.41) is 1.03. The number of hydrazine groups is 1. The third-order valence-corrected chi connectivity index (χ3v) is 5.27. The van der Waals surface area contributed by atoms with Crippen LogP contribution in [0.2, 0.25) is 15.1 Å². The largest absolute Gasteiger partial charge is 0.476 e. The lowest BCUT2D eigenvalue weighted by atomic mass is 10.1. The van der Waals surface area contributed by atoms with Crippen LogP contribution >= 0.6 is 34.8 Å². The molecule has 0 atom stereocenters. The molecule has 1 amide bonds. The topological polar surface area (TPSA) is 84.5 Å². The van der Waals surface area contributed by atoms with Crippen LogP contribution in [0.5, 0.6) is 5.75 Å². The number of halogens is 3. The van der Waals surface area contributed by atoms with E-state index in [0.29, 0.717) is 10.0 Å². The van der Waals surface area contributed by atoms with E-state index in [1.54, 1.807) is 6.07 Å². The fraction of sp³-hybridized carbons (Fsp3) is 0.188. The first-order chi connectivity index (χ1) is 12.0. The molecule has 0 bridgehead atoms. The molecule has 0 aliphatic rings. The number of amides is 1. The van der Waals surface area contributed by atoms with Gasteiger partial charge in [-0.1, -0.05) is 34.8 Å². The van der Waals surface area contributed by atoms with Crippen molar-refractivity contribution in [3.05, 3.63) is 57.5 Å². The van der Waals surface area contributed by atoms with Gasteiger partial charge in [0.15, 0.2) is 5.60 Å². The SMILES string of the molecule is CC(C)(Oc1ccc(Cl)cc1Cl)C(=O)NNS(=O)(=O)c1ccc(Cl)cc1. The average Bonchev–Trinajstić information content (AvgIpc) is 2.55. The van der Waals surface area contributed by atoms with Crippen LogP contribution in [0.15, 0.2) is 47.4 Å². The zero-order valence-electron chi connectivity index (χ0n) is 13.7. The minimum atomic E-state index is -3.96. The van der Waals surface area contributed by atoms with E-state index in [1.807, 2.05) is 4.83 Å². The molecule has 26 heavy (non-hydrogen) atoms. The zero-order valence-corrected chi connectivity index (χ0v) is 16.8. The lowest BCUT2D eigenvalue weighted by Gasteiger charge is -2.25. The standard InChI is InChI=1S/C16H15Cl3N2O4S/c1-16(2,25-14-8-5-11(18)9-13(14)19)15(22)20-21-26(23,24)12-6-3-10(17)4-7-12/h3-9,21H,1-2H3,(H,20,22). The molecule has 0 fully saturated rings. The summed E-state index contributed by atoms with van der Waals surface area (Å²) >= 11 is 17.6. The summed E-state index contributed by atoms with van der Waals surface area (Å²) in [5.74, 6) is -0.488. The van der Waals surface area contributed by atoms with Gasteiger partial charge < -0.3 is 4.74 Å². The van der Waals surface area contributed by atoms with Crippen molar-refractivity contribution in [2.24, 2.45) is 0 Å². The van der Waals surface area contributed by atoms with E-state index in [9.17, 15) is 13.2 Å². The third-order valence-electron chi connectivity index (χ3n) is 3.23. The summed E-state index contributed by atoms with van der Waals surface area (Å²) < 4.78 is 29.9. The van der Waals surface area contributed by atoms with Gasteiger partial charge in [-0.05, 0) is 56.3 Å². The van der Waals surface area contributed by atoms with E-state index in [4.69, 9.17) is 39.5 Å². The summed E-state index contributed by atoms with van der Waals surface area (Å²) in [4.78, 5) is 14.3. The smallest absolute Gasteiger partial charge is 0.278 e. The zero-order chi connectivity index (χ0) is 19.5. The minimum Gasteiger partial charge on any atom is -0.476 e. The fourth-order valence-corrected chi connectivity index (χ4v) is 3.23. The molecule has 0 aliphatic heterocycles. The highest BCUT2D eigenvalue weighted by Crippen LogP contribution is 2.30. The number of hydrogen-bond donors (Lipinski definition) is 2. The van der Waals surface area contributed by atoms with Gasteiger partial charge in [0.25, 0.3) is 15.9 Å². The highest BCUT2D eigenvalue weighted by Gasteiger charge is 2.31. The van der Waals surface area contributed by atoms with E-state index in [2.05, 4.69) is 5.43 Å². The number of benzene rings is 2. The molecule has 0 aliphatic carbocycles. The number of carbonyl (C=O) groups is 1. The van der Waals surface area contributed by atoms with Crippen LogP contribution in [0.1, 0.15) is 13.8 Å². The summed E-state index contributed by atoms with van der Waals surface area (Å²) in [7, 11) is -3.96. The van der Waals surface area contributed by atoms with Gasteiger partial charge in [0.05, 0.1) is 9.92 Å². The quantitative estimate of drug-likeness (QED) is 0.673. The van der Waals surface area contributed by atoms with Crippen molar-refractivity contribution in [1.29, 1.82) is 0 Å². The van der Waals surface area contributed by atoms with Crippen LogP contribution in [0, 0.1) is 0 Å². The summed E-state index contributed by atoms with van der Waals surface area (Å²) in [6, 6.07) is 10.0. The Morgan fingerprint density at radius 1 is 1.00 bits per heavy atom. The monoisotopic (exact) mass is 436 g/mol. The van der Waals surface area contributed by atoms with Gasteiger partial charge in [-0.2, -0.15) is 0 Å². The normalized spacial score (nSPS) is 11.9. The van der Waals surface area contributed by atoms with Crippen molar-refractivity contribution >= 4 is 50.7 Å². The van der Waals surface area contributed by atoms with Crippen LogP contribution in [-0.2, 0) is 14.8 Å². The molecule has 2 aromatic carbocycles. The summed E-state index contributed by atoms with van der Waals surface area (Å²) in [5.41, 5.74) is 0.707. The van der Waals surface area contributed by atoms with Crippen LogP contribution in [-0.4, -0.2) is 19.9 Å². The van der Waals surface area contributed by atoms with Crippen molar-refractivity contribution in [3.8, 4) is 5.75 Å². The maximum Gasteiger partial charge on any atom is 0.278 e. The van der Waals surface area contributed by atoms with E-state index in [0.717, 1.165) is 0 Å². The third kappa shape index (κ3) is 5.25. The predicted molar refractivity (Wildman–Crippen MR) is 101 cm³/mol. The molecule has 0 saturated carbocycles. The highest BCUT2D eigenvalue weighted by atomic mass is 35.5. The second kappa shape index (κ2) is 8.02. The van der Waals surface area contributed by atoms with Crippen LogP contribution < -0.4 is 15.0 Å². The van der Waals surface area contributed by atoms with Gasteiger partial charge in [-0.15, -0.1) is 4.83 Å². The Bertz CT molecular complexity index is 916. The second-order valence-electron chi connectivity index (χ2n) is 5.70. The number of nitrogens with one attached hydrogen (secondary N) is 2. The molecule has 0 heterocycles. The molecule has 0 unspecified atom stereocenters. The van der Waals surface area contributed by atoms with Gasteiger partial charge >= 0.3 is 0 Å². The number of ether oxygens (including phenoxy) is 1. The summed E-state index contributed by atoms with van der Waals surface area (Å²) in [6.07, 6.45) is 0. The lowest BCUT2D eigenvalue weighted by Crippen LogP contribution is -2.52. The molecule has 0 spiro atoms. The van der Waals surface area contributed by atoms with Gasteiger partial charge in [-0.25, -0.2) is 8.42 Å². The van der Waals surface area contributed by atoms with Crippen LogP contribution in [0.25, 0.3) is 0 Å². The molecule has 2 rings (SSSR count). The van der Waals surface area contributed by atoms with Crippen molar-refractivity contribution < 1.29 is 17.9 Å². The van der Waals surface area contributed by atoms with Crippen molar-refractivity contribution in [2.75, 3.05) is 0 Å². The molecule has 2 N–H and O–H groups in total. The number of rotatable bonds is 6. The van der Waals surface area contributed by atoms with E-state index >= 15 is 0 Å². The first kappa shape index (κ1) is 20.8. The molecule has 0 saturated heterocycles. The van der Waals surface area contributed by atoms with Gasteiger partial charge in [-0.3, -0.25) is 10.2 Å². The molecule has 140 valence electrons. The fourth-order valence-electron chi connectivity index (χ4n) is 1.82. The number of carbonyl (C=O) groups excluding carboxylic acids is 1. The first-order valence-corrected chi connectivity index (χ1v) is 9.85. The average molecular weight is 438 g/mol. The van der Waals surface area contributed by atoms with E-state index in [1.165, 1.54) is 50.2 Å². The Labute approximate surface area is 166 Å².